The predicted octanol–water partition coefficient (Wildman–Crippen LogP) is 2.93. The van der Waals surface area contributed by atoms with Crippen molar-refractivity contribution in [3.8, 4) is 0 Å². The van der Waals surface area contributed by atoms with Crippen molar-refractivity contribution in [2.45, 2.75) is 26.2 Å². The fourth-order valence-corrected chi connectivity index (χ4v) is 2.00. The molecule has 104 valence electrons. The van der Waals surface area contributed by atoms with Gasteiger partial charge in [-0.05, 0) is 43.9 Å². The van der Waals surface area contributed by atoms with E-state index in [1.165, 1.54) is 0 Å². The molecule has 0 bridgehead atoms. The molecule has 1 N–H and O–H groups in total. The van der Waals surface area contributed by atoms with Crippen molar-refractivity contribution in [2.75, 3.05) is 6.61 Å². The van der Waals surface area contributed by atoms with E-state index in [0.29, 0.717) is 17.9 Å². The summed E-state index contributed by atoms with van der Waals surface area (Å²) in [5.74, 6) is -2.88. The van der Waals surface area contributed by atoms with Gasteiger partial charge >= 0.3 is 11.9 Å². The van der Waals surface area contributed by atoms with Crippen LogP contribution in [0.4, 0.5) is 0 Å². The average molecular weight is 285 g/mol. The lowest BCUT2D eigenvalue weighted by Gasteiger charge is -2.11. The summed E-state index contributed by atoms with van der Waals surface area (Å²) >= 11 is 5.86. The van der Waals surface area contributed by atoms with Gasteiger partial charge in [0, 0.05) is 5.02 Å². The molecule has 19 heavy (non-hydrogen) atoms. The molecule has 0 radical (unpaired) electrons. The Morgan fingerprint density at radius 3 is 2.74 bits per heavy atom. The standard InChI is InChI=1S/C14H17ClO4/c1-2-19-14(18)12(13(16)17)8-4-6-10-5-3-7-11(15)9-10/h3,5,7,9,12H,2,4,6,8H2,1H3,(H,16,17). The van der Waals surface area contributed by atoms with Gasteiger partial charge in [0.2, 0.25) is 0 Å². The normalized spacial score (nSPS) is 11.9. The van der Waals surface area contributed by atoms with Crippen LogP contribution in [0.1, 0.15) is 25.3 Å². The lowest BCUT2D eigenvalue weighted by Crippen LogP contribution is -2.26. The van der Waals surface area contributed by atoms with Crippen molar-refractivity contribution in [1.82, 2.24) is 0 Å². The van der Waals surface area contributed by atoms with E-state index in [1.54, 1.807) is 13.0 Å². The van der Waals surface area contributed by atoms with Crippen LogP contribution < -0.4 is 0 Å². The van der Waals surface area contributed by atoms with Crippen LogP contribution in [-0.4, -0.2) is 23.7 Å². The number of aryl methyl sites for hydroxylation is 1. The summed E-state index contributed by atoms with van der Waals surface area (Å²) in [6.07, 6.45) is 1.54. The van der Waals surface area contributed by atoms with Crippen molar-refractivity contribution in [1.29, 1.82) is 0 Å². The third-order valence-electron chi connectivity index (χ3n) is 2.72. The highest BCUT2D eigenvalue weighted by molar-refractivity contribution is 6.30. The summed E-state index contributed by atoms with van der Waals surface area (Å²) in [4.78, 5) is 22.4. The number of aliphatic carboxylic acids is 1. The maximum atomic E-state index is 11.5. The zero-order valence-corrected chi connectivity index (χ0v) is 11.5. The quantitative estimate of drug-likeness (QED) is 0.618. The first-order valence-electron chi connectivity index (χ1n) is 6.18. The first-order chi connectivity index (χ1) is 9.04. The van der Waals surface area contributed by atoms with Gasteiger partial charge in [-0.2, -0.15) is 0 Å². The van der Waals surface area contributed by atoms with E-state index in [4.69, 9.17) is 21.4 Å². The van der Waals surface area contributed by atoms with Gasteiger partial charge in [-0.15, -0.1) is 0 Å². The fraction of sp³-hybridized carbons (Fsp3) is 0.429. The summed E-state index contributed by atoms with van der Waals surface area (Å²) in [5, 5.41) is 9.64. The molecule has 0 amide bonds. The Morgan fingerprint density at radius 1 is 1.42 bits per heavy atom. The minimum Gasteiger partial charge on any atom is -0.481 e. The highest BCUT2D eigenvalue weighted by atomic mass is 35.5. The van der Waals surface area contributed by atoms with Crippen molar-refractivity contribution >= 4 is 23.5 Å². The minimum absolute atomic E-state index is 0.191. The van der Waals surface area contributed by atoms with Crippen LogP contribution in [0.15, 0.2) is 24.3 Å². The van der Waals surface area contributed by atoms with Gasteiger partial charge in [-0.1, -0.05) is 23.7 Å². The Balaban J connectivity index is 2.49. The molecule has 1 atom stereocenters. The van der Waals surface area contributed by atoms with Crippen LogP contribution in [0, 0.1) is 5.92 Å². The van der Waals surface area contributed by atoms with Crippen molar-refractivity contribution in [3.63, 3.8) is 0 Å². The molecular formula is C14H17ClO4. The third-order valence-corrected chi connectivity index (χ3v) is 2.95. The van der Waals surface area contributed by atoms with E-state index in [2.05, 4.69) is 0 Å². The van der Waals surface area contributed by atoms with Gasteiger partial charge in [-0.3, -0.25) is 9.59 Å². The van der Waals surface area contributed by atoms with Crippen molar-refractivity contribution < 1.29 is 19.4 Å². The van der Waals surface area contributed by atoms with E-state index >= 15 is 0 Å². The maximum Gasteiger partial charge on any atom is 0.320 e. The zero-order valence-electron chi connectivity index (χ0n) is 10.8. The molecule has 1 aromatic carbocycles. The second kappa shape index (κ2) is 7.79. The molecule has 0 saturated heterocycles. The number of carbonyl (C=O) groups is 2. The largest absolute Gasteiger partial charge is 0.481 e. The minimum atomic E-state index is -1.13. The number of carboxylic acid groups (broad SMARTS) is 1. The summed E-state index contributed by atoms with van der Waals surface area (Å²) < 4.78 is 4.75. The maximum absolute atomic E-state index is 11.5. The number of esters is 1. The van der Waals surface area contributed by atoms with Crippen LogP contribution in [0.2, 0.25) is 5.02 Å². The lowest BCUT2D eigenvalue weighted by atomic mass is 10.00. The first-order valence-corrected chi connectivity index (χ1v) is 6.56. The van der Waals surface area contributed by atoms with E-state index in [-0.39, 0.29) is 13.0 Å². The van der Waals surface area contributed by atoms with Crippen molar-refractivity contribution in [3.05, 3.63) is 34.9 Å². The Bertz CT molecular complexity index is 445. The molecule has 1 aromatic rings. The summed E-state index contributed by atoms with van der Waals surface area (Å²) in [6.45, 7) is 1.85. The molecule has 5 heteroatoms. The van der Waals surface area contributed by atoms with Crippen LogP contribution in [0.25, 0.3) is 0 Å². The Labute approximate surface area is 117 Å². The number of carbonyl (C=O) groups excluding carboxylic acids is 1. The number of halogens is 1. The molecule has 0 heterocycles. The second-order valence-electron chi connectivity index (χ2n) is 4.17. The molecule has 0 saturated carbocycles. The predicted molar refractivity (Wildman–Crippen MR) is 72.1 cm³/mol. The monoisotopic (exact) mass is 284 g/mol. The van der Waals surface area contributed by atoms with E-state index in [1.807, 2.05) is 18.2 Å². The summed E-state index contributed by atoms with van der Waals surface area (Å²) in [6, 6.07) is 7.38. The Kier molecular flexibility index (Phi) is 6.36. The molecule has 0 aliphatic carbocycles. The molecule has 0 aromatic heterocycles. The third kappa shape index (κ3) is 5.30. The molecule has 1 rings (SSSR count). The second-order valence-corrected chi connectivity index (χ2v) is 4.60. The van der Waals surface area contributed by atoms with Crippen LogP contribution in [0.3, 0.4) is 0 Å². The van der Waals surface area contributed by atoms with E-state index < -0.39 is 17.9 Å². The van der Waals surface area contributed by atoms with Gasteiger partial charge in [0.15, 0.2) is 5.92 Å². The molecule has 0 fully saturated rings. The van der Waals surface area contributed by atoms with Gasteiger partial charge in [-0.25, -0.2) is 0 Å². The number of rotatable bonds is 7. The van der Waals surface area contributed by atoms with Crippen LogP contribution >= 0.6 is 11.6 Å². The molecule has 0 spiro atoms. The first kappa shape index (κ1) is 15.5. The van der Waals surface area contributed by atoms with E-state index in [9.17, 15) is 9.59 Å². The van der Waals surface area contributed by atoms with E-state index in [0.717, 1.165) is 5.56 Å². The average Bonchev–Trinajstić information content (AvgIpc) is 2.34. The Hall–Kier alpha value is -1.55. The number of benzene rings is 1. The fourth-order valence-electron chi connectivity index (χ4n) is 1.79. The Morgan fingerprint density at radius 2 is 2.16 bits per heavy atom. The number of carboxylic acids is 1. The smallest absolute Gasteiger partial charge is 0.320 e. The van der Waals surface area contributed by atoms with Crippen molar-refractivity contribution in [2.24, 2.45) is 5.92 Å². The van der Waals surface area contributed by atoms with Gasteiger partial charge in [0.05, 0.1) is 6.61 Å². The SMILES string of the molecule is CCOC(=O)C(CCCc1cccc(Cl)c1)C(=O)O. The highest BCUT2D eigenvalue weighted by Crippen LogP contribution is 2.16. The van der Waals surface area contributed by atoms with Crippen LogP contribution in [0.5, 0.6) is 0 Å². The van der Waals surface area contributed by atoms with Crippen LogP contribution in [-0.2, 0) is 20.7 Å². The number of hydrogen-bond acceptors (Lipinski definition) is 3. The lowest BCUT2D eigenvalue weighted by molar-refractivity contribution is -0.158. The summed E-state index contributed by atoms with van der Waals surface area (Å²) in [5.41, 5.74) is 1.03. The molecule has 0 aliphatic rings. The molecule has 1 unspecified atom stereocenters. The van der Waals surface area contributed by atoms with Gasteiger partial charge < -0.3 is 9.84 Å². The summed E-state index contributed by atoms with van der Waals surface area (Å²) in [7, 11) is 0. The molecule has 4 nitrogen and oxygen atoms in total. The topological polar surface area (TPSA) is 63.6 Å². The van der Waals surface area contributed by atoms with Gasteiger partial charge in [0.1, 0.15) is 0 Å². The highest BCUT2D eigenvalue weighted by Gasteiger charge is 2.26. The number of hydrogen-bond donors (Lipinski definition) is 1. The zero-order chi connectivity index (χ0) is 14.3. The molecular weight excluding hydrogens is 268 g/mol. The van der Waals surface area contributed by atoms with Gasteiger partial charge in [0.25, 0.3) is 0 Å². The molecule has 0 aliphatic heterocycles. The number of ether oxygens (including phenoxy) is 1.